The van der Waals surface area contributed by atoms with Gasteiger partial charge in [-0.1, -0.05) is 0 Å². The monoisotopic (exact) mass is 229 g/mol. The van der Waals surface area contributed by atoms with Crippen molar-refractivity contribution >= 4 is 0 Å². The molecule has 0 amide bonds. The number of piperidine rings is 1. The normalized spacial score (nSPS) is 27.9. The molecule has 2 N–H and O–H groups in total. The van der Waals surface area contributed by atoms with Gasteiger partial charge in [0, 0.05) is 17.6 Å². The van der Waals surface area contributed by atoms with Crippen LogP contribution in [-0.4, -0.2) is 45.4 Å². The first-order valence-electron chi connectivity index (χ1n) is 6.27. The average molecular weight is 229 g/mol. The lowest BCUT2D eigenvalue weighted by atomic mass is 9.72. The Morgan fingerprint density at radius 3 is 1.94 bits per heavy atom. The first-order chi connectivity index (χ1) is 7.20. The second-order valence-corrected chi connectivity index (χ2v) is 6.41. The molecule has 0 aromatic rings. The van der Waals surface area contributed by atoms with Gasteiger partial charge in [-0.2, -0.15) is 0 Å². The maximum absolute atomic E-state index is 9.79. The van der Waals surface area contributed by atoms with Gasteiger partial charge in [-0.15, -0.1) is 0 Å². The molecule has 1 rings (SSSR count). The van der Waals surface area contributed by atoms with Crippen molar-refractivity contribution in [3.63, 3.8) is 0 Å². The van der Waals surface area contributed by atoms with Gasteiger partial charge in [0.2, 0.25) is 0 Å². The highest BCUT2D eigenvalue weighted by Gasteiger charge is 2.45. The van der Waals surface area contributed by atoms with E-state index in [2.05, 4.69) is 32.6 Å². The summed E-state index contributed by atoms with van der Waals surface area (Å²) in [6.45, 7) is 11.6. The summed E-state index contributed by atoms with van der Waals surface area (Å²) in [6, 6.07) is 0. The zero-order valence-corrected chi connectivity index (χ0v) is 11.3. The van der Waals surface area contributed by atoms with E-state index in [-0.39, 0.29) is 23.8 Å². The Morgan fingerprint density at radius 2 is 1.62 bits per heavy atom. The van der Waals surface area contributed by atoms with Gasteiger partial charge in [0.05, 0.1) is 12.7 Å². The minimum absolute atomic E-state index is 0.0478. The van der Waals surface area contributed by atoms with E-state index in [1.54, 1.807) is 0 Å². The van der Waals surface area contributed by atoms with Crippen molar-refractivity contribution in [2.45, 2.75) is 64.6 Å². The number of likely N-dealkylation sites (tertiary alicyclic amines) is 1. The first-order valence-corrected chi connectivity index (χ1v) is 6.27. The van der Waals surface area contributed by atoms with Crippen molar-refractivity contribution in [1.29, 1.82) is 0 Å². The Kier molecular flexibility index (Phi) is 4.04. The number of aliphatic hydroxyl groups is 2. The van der Waals surface area contributed by atoms with Gasteiger partial charge in [-0.3, -0.25) is 4.90 Å². The summed E-state index contributed by atoms with van der Waals surface area (Å²) < 4.78 is 0. The average Bonchev–Trinajstić information content (AvgIpc) is 2.09. The molecule has 0 radical (unpaired) electrons. The molecule has 1 atom stereocenters. The quantitative estimate of drug-likeness (QED) is 0.773. The summed E-state index contributed by atoms with van der Waals surface area (Å²) in [7, 11) is 0. The molecule has 0 spiro atoms. The van der Waals surface area contributed by atoms with Gasteiger partial charge in [0.25, 0.3) is 0 Å². The fraction of sp³-hybridized carbons (Fsp3) is 1.00. The molecule has 0 aromatic heterocycles. The molecule has 0 bridgehead atoms. The minimum Gasteiger partial charge on any atom is -0.395 e. The van der Waals surface area contributed by atoms with Gasteiger partial charge in [0.15, 0.2) is 0 Å². The van der Waals surface area contributed by atoms with Crippen molar-refractivity contribution in [2.24, 2.45) is 5.92 Å². The molecule has 1 unspecified atom stereocenters. The number of β-amino-alcohol motifs (C(OH)–C–C–N with tert-alkyl or cyclic N) is 1. The van der Waals surface area contributed by atoms with Crippen LogP contribution in [0, 0.1) is 5.92 Å². The largest absolute Gasteiger partial charge is 0.395 e. The number of hydrogen-bond acceptors (Lipinski definition) is 3. The lowest BCUT2D eigenvalue weighted by Crippen LogP contribution is -2.62. The molecule has 1 aliphatic heterocycles. The van der Waals surface area contributed by atoms with Crippen LogP contribution in [0.4, 0.5) is 0 Å². The van der Waals surface area contributed by atoms with Crippen LogP contribution in [0.25, 0.3) is 0 Å². The Bertz CT molecular complexity index is 218. The van der Waals surface area contributed by atoms with E-state index in [0.29, 0.717) is 12.5 Å². The fourth-order valence-electron chi connectivity index (χ4n) is 3.44. The van der Waals surface area contributed by atoms with Crippen LogP contribution >= 0.6 is 0 Å². The van der Waals surface area contributed by atoms with Gasteiger partial charge in [-0.25, -0.2) is 0 Å². The molecule has 1 heterocycles. The van der Waals surface area contributed by atoms with E-state index in [4.69, 9.17) is 5.11 Å². The molecule has 0 aromatic carbocycles. The third-order valence-electron chi connectivity index (χ3n) is 3.99. The molecule has 96 valence electrons. The molecule has 1 saturated heterocycles. The molecule has 0 aliphatic carbocycles. The molecule has 3 heteroatoms. The SMILES string of the molecule is CC(O)C1CC(C)(C)N(CCO)C(C)(C)C1. The van der Waals surface area contributed by atoms with E-state index in [0.717, 1.165) is 12.8 Å². The van der Waals surface area contributed by atoms with Crippen molar-refractivity contribution in [1.82, 2.24) is 4.90 Å². The second-order valence-electron chi connectivity index (χ2n) is 6.41. The summed E-state index contributed by atoms with van der Waals surface area (Å²) in [5.74, 6) is 0.361. The molecule has 1 fully saturated rings. The van der Waals surface area contributed by atoms with Crippen molar-refractivity contribution in [3.8, 4) is 0 Å². The van der Waals surface area contributed by atoms with Crippen LogP contribution in [0.1, 0.15) is 47.5 Å². The van der Waals surface area contributed by atoms with E-state index >= 15 is 0 Å². The minimum atomic E-state index is -0.241. The van der Waals surface area contributed by atoms with Crippen LogP contribution in [0.2, 0.25) is 0 Å². The third kappa shape index (κ3) is 2.76. The fourth-order valence-corrected chi connectivity index (χ4v) is 3.44. The zero-order chi connectivity index (χ0) is 12.6. The molecular formula is C13H27NO2. The molecule has 1 aliphatic rings. The second kappa shape index (κ2) is 4.63. The van der Waals surface area contributed by atoms with Crippen molar-refractivity contribution < 1.29 is 10.2 Å². The Labute approximate surface area is 99.5 Å². The molecular weight excluding hydrogens is 202 g/mol. The van der Waals surface area contributed by atoms with Crippen LogP contribution < -0.4 is 0 Å². The number of aliphatic hydroxyl groups excluding tert-OH is 2. The van der Waals surface area contributed by atoms with Gasteiger partial charge in [0.1, 0.15) is 0 Å². The van der Waals surface area contributed by atoms with Crippen LogP contribution in [0.3, 0.4) is 0 Å². The lowest BCUT2D eigenvalue weighted by molar-refractivity contribution is -0.0818. The van der Waals surface area contributed by atoms with Gasteiger partial charge in [-0.05, 0) is 53.4 Å². The summed E-state index contributed by atoms with van der Waals surface area (Å²) in [5.41, 5.74) is 0.0955. The lowest BCUT2D eigenvalue weighted by Gasteiger charge is -2.56. The number of hydrogen-bond donors (Lipinski definition) is 2. The first kappa shape index (κ1) is 13.9. The summed E-state index contributed by atoms with van der Waals surface area (Å²) >= 11 is 0. The smallest absolute Gasteiger partial charge is 0.0558 e. The van der Waals surface area contributed by atoms with Crippen LogP contribution in [0.15, 0.2) is 0 Å². The summed E-state index contributed by atoms with van der Waals surface area (Å²) in [6.07, 6.45) is 1.75. The van der Waals surface area contributed by atoms with Crippen molar-refractivity contribution in [2.75, 3.05) is 13.2 Å². The topological polar surface area (TPSA) is 43.7 Å². The Morgan fingerprint density at radius 1 is 1.19 bits per heavy atom. The maximum Gasteiger partial charge on any atom is 0.0558 e. The zero-order valence-electron chi connectivity index (χ0n) is 11.3. The standard InChI is InChI=1S/C13H27NO2/c1-10(16)11-8-12(2,3)14(6-7-15)13(4,5)9-11/h10-11,15-16H,6-9H2,1-5H3. The Hall–Kier alpha value is -0.120. The van der Waals surface area contributed by atoms with Crippen LogP contribution in [0.5, 0.6) is 0 Å². The number of nitrogens with zero attached hydrogens (tertiary/aromatic N) is 1. The predicted molar refractivity (Wildman–Crippen MR) is 66.4 cm³/mol. The third-order valence-corrected chi connectivity index (χ3v) is 3.99. The van der Waals surface area contributed by atoms with Crippen molar-refractivity contribution in [3.05, 3.63) is 0 Å². The van der Waals surface area contributed by atoms with E-state index in [9.17, 15) is 5.11 Å². The van der Waals surface area contributed by atoms with E-state index in [1.165, 1.54) is 0 Å². The highest BCUT2D eigenvalue weighted by atomic mass is 16.3. The predicted octanol–water partition coefficient (Wildman–Crippen LogP) is 1.63. The Balaban J connectivity index is 2.89. The van der Waals surface area contributed by atoms with Gasteiger partial charge >= 0.3 is 0 Å². The van der Waals surface area contributed by atoms with Crippen LogP contribution in [-0.2, 0) is 0 Å². The highest BCUT2D eigenvalue weighted by molar-refractivity contribution is 5.00. The number of rotatable bonds is 3. The highest BCUT2D eigenvalue weighted by Crippen LogP contribution is 2.42. The molecule has 3 nitrogen and oxygen atoms in total. The van der Waals surface area contributed by atoms with Gasteiger partial charge < -0.3 is 10.2 Å². The maximum atomic E-state index is 9.79. The summed E-state index contributed by atoms with van der Waals surface area (Å²) in [4.78, 5) is 2.37. The summed E-state index contributed by atoms with van der Waals surface area (Å²) in [5, 5.41) is 19.0. The van der Waals surface area contributed by atoms with E-state index in [1.807, 2.05) is 6.92 Å². The van der Waals surface area contributed by atoms with E-state index < -0.39 is 0 Å². The molecule has 16 heavy (non-hydrogen) atoms. The molecule has 0 saturated carbocycles.